The zero-order chi connectivity index (χ0) is 27.1. The molecule has 4 amide bonds. The van der Waals surface area contributed by atoms with Crippen molar-refractivity contribution in [2.24, 2.45) is 0 Å². The molecule has 2 aliphatic rings. The molecule has 2 aromatic carbocycles. The standard InChI is InChI=1S/C28H34N4O6/c1-37-21-11-7-19(8-12-21)31-25(33)17-23(27(31)35)29-15-5-3-4-6-16-30-24-18-26(34)32(28(24)36)20-9-13-22(38-2)14-10-20/h7-14,23-24,29-30H,3-6,15-18H2,1-2H3/t23-,24-/m0/s1. The zero-order valence-electron chi connectivity index (χ0n) is 21.8. The van der Waals surface area contributed by atoms with E-state index < -0.39 is 12.1 Å². The summed E-state index contributed by atoms with van der Waals surface area (Å²) >= 11 is 0. The van der Waals surface area contributed by atoms with Gasteiger partial charge in [0.25, 0.3) is 11.8 Å². The molecule has 0 spiro atoms. The van der Waals surface area contributed by atoms with Crippen molar-refractivity contribution in [3.8, 4) is 11.5 Å². The molecule has 2 aliphatic heterocycles. The molecule has 2 atom stereocenters. The summed E-state index contributed by atoms with van der Waals surface area (Å²) in [5.74, 6) is 0.435. The Balaban J connectivity index is 1.11. The molecule has 0 radical (unpaired) electrons. The molecule has 202 valence electrons. The molecular formula is C28H34N4O6. The summed E-state index contributed by atoms with van der Waals surface area (Å²) < 4.78 is 10.3. The number of benzene rings is 2. The van der Waals surface area contributed by atoms with Crippen molar-refractivity contribution in [1.82, 2.24) is 10.6 Å². The van der Waals surface area contributed by atoms with E-state index in [9.17, 15) is 19.2 Å². The average Bonchev–Trinajstić information content (AvgIpc) is 3.38. The number of hydrogen-bond acceptors (Lipinski definition) is 8. The van der Waals surface area contributed by atoms with E-state index in [2.05, 4.69) is 10.6 Å². The summed E-state index contributed by atoms with van der Waals surface area (Å²) in [4.78, 5) is 52.8. The summed E-state index contributed by atoms with van der Waals surface area (Å²) in [6, 6.07) is 12.7. The van der Waals surface area contributed by atoms with Crippen LogP contribution in [0, 0.1) is 0 Å². The molecule has 2 saturated heterocycles. The van der Waals surface area contributed by atoms with Crippen molar-refractivity contribution >= 4 is 35.0 Å². The van der Waals surface area contributed by atoms with Gasteiger partial charge in [0.1, 0.15) is 11.5 Å². The van der Waals surface area contributed by atoms with Crippen LogP contribution in [0.5, 0.6) is 11.5 Å². The van der Waals surface area contributed by atoms with Crippen molar-refractivity contribution < 1.29 is 28.7 Å². The van der Waals surface area contributed by atoms with Gasteiger partial charge in [-0.3, -0.25) is 19.2 Å². The second-order valence-electron chi connectivity index (χ2n) is 9.37. The molecule has 0 aromatic heterocycles. The van der Waals surface area contributed by atoms with Crippen LogP contribution in [0.1, 0.15) is 38.5 Å². The third kappa shape index (κ3) is 6.20. The van der Waals surface area contributed by atoms with Crippen LogP contribution in [-0.2, 0) is 19.2 Å². The predicted octanol–water partition coefficient (Wildman–Crippen LogP) is 2.41. The summed E-state index contributed by atoms with van der Waals surface area (Å²) in [6.45, 7) is 1.28. The van der Waals surface area contributed by atoms with Gasteiger partial charge in [0.15, 0.2) is 0 Å². The van der Waals surface area contributed by atoms with Crippen LogP contribution >= 0.6 is 0 Å². The Hall–Kier alpha value is -3.76. The van der Waals surface area contributed by atoms with Gasteiger partial charge in [-0.25, -0.2) is 9.80 Å². The maximum Gasteiger partial charge on any atom is 0.251 e. The number of hydrogen-bond donors (Lipinski definition) is 2. The number of carbonyl (C=O) groups is 4. The molecule has 0 saturated carbocycles. The van der Waals surface area contributed by atoms with Crippen LogP contribution in [0.3, 0.4) is 0 Å². The van der Waals surface area contributed by atoms with E-state index in [-0.39, 0.29) is 36.5 Å². The Bertz CT molecular complexity index is 1060. The van der Waals surface area contributed by atoms with Gasteiger partial charge >= 0.3 is 0 Å². The molecule has 10 heteroatoms. The first-order chi connectivity index (χ1) is 18.4. The highest BCUT2D eigenvalue weighted by molar-refractivity contribution is 6.23. The first-order valence-electron chi connectivity index (χ1n) is 12.9. The number of unbranched alkanes of at least 4 members (excludes halogenated alkanes) is 3. The van der Waals surface area contributed by atoms with Gasteiger partial charge in [-0.15, -0.1) is 0 Å². The Morgan fingerprint density at radius 1 is 0.632 bits per heavy atom. The third-order valence-corrected chi connectivity index (χ3v) is 6.84. The molecule has 10 nitrogen and oxygen atoms in total. The largest absolute Gasteiger partial charge is 0.497 e. The van der Waals surface area contributed by atoms with Gasteiger partial charge in [-0.1, -0.05) is 12.8 Å². The molecule has 2 aromatic rings. The lowest BCUT2D eigenvalue weighted by atomic mass is 10.1. The highest BCUT2D eigenvalue weighted by Gasteiger charge is 2.40. The highest BCUT2D eigenvalue weighted by atomic mass is 16.5. The Morgan fingerprint density at radius 2 is 1.00 bits per heavy atom. The third-order valence-electron chi connectivity index (χ3n) is 6.84. The number of anilines is 2. The Morgan fingerprint density at radius 3 is 1.34 bits per heavy atom. The minimum atomic E-state index is -0.508. The maximum atomic E-state index is 12.7. The van der Waals surface area contributed by atoms with Crippen molar-refractivity contribution in [3.63, 3.8) is 0 Å². The number of ether oxygens (including phenoxy) is 2. The van der Waals surface area contributed by atoms with E-state index in [1.165, 1.54) is 9.80 Å². The van der Waals surface area contributed by atoms with Gasteiger partial charge in [0.05, 0.1) is 50.5 Å². The van der Waals surface area contributed by atoms with Gasteiger partial charge in [-0.2, -0.15) is 0 Å². The fourth-order valence-electron chi connectivity index (χ4n) is 4.74. The maximum absolute atomic E-state index is 12.7. The van der Waals surface area contributed by atoms with Crippen molar-refractivity contribution in [1.29, 1.82) is 0 Å². The number of rotatable bonds is 13. The van der Waals surface area contributed by atoms with Gasteiger partial charge < -0.3 is 20.1 Å². The van der Waals surface area contributed by atoms with E-state index in [0.29, 0.717) is 36.0 Å². The topological polar surface area (TPSA) is 117 Å². The highest BCUT2D eigenvalue weighted by Crippen LogP contribution is 2.26. The monoisotopic (exact) mass is 522 g/mol. The Kier molecular flexibility index (Phi) is 9.09. The summed E-state index contributed by atoms with van der Waals surface area (Å²) in [5, 5.41) is 6.42. The van der Waals surface area contributed by atoms with Crippen LogP contribution in [0.25, 0.3) is 0 Å². The molecule has 4 rings (SSSR count). The van der Waals surface area contributed by atoms with Crippen LogP contribution in [0.4, 0.5) is 11.4 Å². The summed E-state index contributed by atoms with van der Waals surface area (Å²) in [5.41, 5.74) is 1.10. The quantitative estimate of drug-likeness (QED) is 0.304. The van der Waals surface area contributed by atoms with Gasteiger partial charge in [-0.05, 0) is 74.5 Å². The first-order valence-corrected chi connectivity index (χ1v) is 12.9. The summed E-state index contributed by atoms with van der Waals surface area (Å²) in [6.07, 6.45) is 3.93. The molecule has 0 unspecified atom stereocenters. The fraction of sp³-hybridized carbons (Fsp3) is 0.429. The lowest BCUT2D eigenvalue weighted by molar-refractivity contribution is -0.123. The molecule has 2 fully saturated rings. The molecule has 38 heavy (non-hydrogen) atoms. The number of nitrogens with one attached hydrogen (secondary N) is 2. The number of nitrogens with zero attached hydrogens (tertiary/aromatic N) is 2. The minimum absolute atomic E-state index is 0.149. The predicted molar refractivity (Wildman–Crippen MR) is 142 cm³/mol. The first kappa shape index (κ1) is 27.3. The van der Waals surface area contributed by atoms with E-state index in [4.69, 9.17) is 9.47 Å². The summed E-state index contributed by atoms with van der Waals surface area (Å²) in [7, 11) is 3.13. The molecule has 2 heterocycles. The molecule has 0 bridgehead atoms. The Labute approximate surface area is 222 Å². The second-order valence-corrected chi connectivity index (χ2v) is 9.37. The van der Waals surface area contributed by atoms with Crippen LogP contribution in [-0.4, -0.2) is 63.0 Å². The van der Waals surface area contributed by atoms with E-state index in [1.54, 1.807) is 62.8 Å². The lowest BCUT2D eigenvalue weighted by Gasteiger charge is -2.16. The smallest absolute Gasteiger partial charge is 0.251 e. The number of imide groups is 2. The fourth-order valence-corrected chi connectivity index (χ4v) is 4.74. The van der Waals surface area contributed by atoms with Crippen LogP contribution < -0.4 is 29.9 Å². The number of amides is 4. The minimum Gasteiger partial charge on any atom is -0.497 e. The number of methoxy groups -OCH3 is 2. The molecular weight excluding hydrogens is 488 g/mol. The van der Waals surface area contributed by atoms with Crippen molar-refractivity contribution in [2.75, 3.05) is 37.1 Å². The van der Waals surface area contributed by atoms with Gasteiger partial charge in [0.2, 0.25) is 11.8 Å². The lowest BCUT2D eigenvalue weighted by Crippen LogP contribution is -2.39. The van der Waals surface area contributed by atoms with E-state index in [0.717, 1.165) is 25.7 Å². The van der Waals surface area contributed by atoms with E-state index >= 15 is 0 Å². The van der Waals surface area contributed by atoms with Crippen molar-refractivity contribution in [3.05, 3.63) is 48.5 Å². The molecule has 0 aliphatic carbocycles. The van der Waals surface area contributed by atoms with Crippen LogP contribution in [0.2, 0.25) is 0 Å². The SMILES string of the molecule is COc1ccc(N2C(=O)C[C@H](NCCCCCCN[C@H]3CC(=O)N(c4ccc(OC)cc4)C3=O)C2=O)cc1. The van der Waals surface area contributed by atoms with E-state index in [1.807, 2.05) is 0 Å². The van der Waals surface area contributed by atoms with Crippen LogP contribution in [0.15, 0.2) is 48.5 Å². The average molecular weight is 523 g/mol. The normalized spacial score (nSPS) is 19.5. The second kappa shape index (κ2) is 12.7. The van der Waals surface area contributed by atoms with Gasteiger partial charge in [0, 0.05) is 0 Å². The number of carbonyl (C=O) groups excluding carboxylic acids is 4. The zero-order valence-corrected chi connectivity index (χ0v) is 21.8. The van der Waals surface area contributed by atoms with Crippen molar-refractivity contribution in [2.45, 2.75) is 50.6 Å². The molecule has 2 N–H and O–H groups in total.